The van der Waals surface area contributed by atoms with Crippen molar-refractivity contribution in [3.8, 4) is 0 Å². The lowest BCUT2D eigenvalue weighted by molar-refractivity contribution is -0.134. The van der Waals surface area contributed by atoms with Gasteiger partial charge in [-0.1, -0.05) is 17.8 Å². The van der Waals surface area contributed by atoms with Crippen molar-refractivity contribution in [3.05, 3.63) is 65.5 Å². The molecule has 176 valence electrons. The van der Waals surface area contributed by atoms with Crippen molar-refractivity contribution in [2.24, 2.45) is 0 Å². The fraction of sp³-hybridized carbons (Fsp3) is 0.333. The van der Waals surface area contributed by atoms with Crippen LogP contribution in [0.25, 0.3) is 0 Å². The lowest BCUT2D eigenvalue weighted by Crippen LogP contribution is -2.46. The van der Waals surface area contributed by atoms with Crippen LogP contribution in [0.4, 0.5) is 4.39 Å². The summed E-state index contributed by atoms with van der Waals surface area (Å²) in [6, 6.07) is 12.4. The number of nitrogens with zero attached hydrogens (tertiary/aromatic N) is 2. The molecule has 2 aromatic rings. The van der Waals surface area contributed by atoms with Gasteiger partial charge in [-0.05, 0) is 61.2 Å². The first-order valence-corrected chi connectivity index (χ1v) is 12.5. The highest BCUT2D eigenvalue weighted by molar-refractivity contribution is 7.99. The molecule has 0 saturated carbocycles. The van der Waals surface area contributed by atoms with Gasteiger partial charge in [0.25, 0.3) is 0 Å². The zero-order chi connectivity index (χ0) is 24.0. The van der Waals surface area contributed by atoms with Crippen molar-refractivity contribution >= 4 is 35.5 Å². The average molecular weight is 491 g/mol. The molecule has 2 N–H and O–H groups in total. The van der Waals surface area contributed by atoms with Gasteiger partial charge in [0.2, 0.25) is 0 Å². The fourth-order valence-corrected chi connectivity index (χ4v) is 5.43. The van der Waals surface area contributed by atoms with Crippen LogP contribution in [0.3, 0.4) is 0 Å². The van der Waals surface area contributed by atoms with Crippen LogP contribution in [-0.4, -0.2) is 71.4 Å². The molecule has 0 amide bonds. The summed E-state index contributed by atoms with van der Waals surface area (Å²) in [6.07, 6.45) is 4.20. The summed E-state index contributed by atoms with van der Waals surface area (Å²) in [4.78, 5) is 27.7. The molecule has 1 unspecified atom stereocenters. The van der Waals surface area contributed by atoms with Crippen LogP contribution >= 0.6 is 23.5 Å². The summed E-state index contributed by atoms with van der Waals surface area (Å²) in [5.74, 6) is -2.66. The third kappa shape index (κ3) is 7.07. The Morgan fingerprint density at radius 2 is 1.70 bits per heavy atom. The average Bonchev–Trinajstić information content (AvgIpc) is 2.94. The van der Waals surface area contributed by atoms with Crippen molar-refractivity contribution in [1.82, 2.24) is 9.80 Å². The second-order valence-electron chi connectivity index (χ2n) is 7.83. The van der Waals surface area contributed by atoms with E-state index in [9.17, 15) is 14.0 Å². The van der Waals surface area contributed by atoms with Crippen molar-refractivity contribution in [2.75, 3.05) is 39.5 Å². The quantitative estimate of drug-likeness (QED) is 0.486. The highest BCUT2D eigenvalue weighted by Crippen LogP contribution is 2.44. The predicted octanol–water partition coefficient (Wildman–Crippen LogP) is 4.26. The maximum Gasteiger partial charge on any atom is 0.328 e. The SMILES string of the molecule is CSc1ccc2c(c1)C(N1CCN(C)CC1)Cc1ccc(F)cc1S2.O=C(O)/C=C\C(=O)O. The molecule has 1 atom stereocenters. The first-order valence-electron chi connectivity index (χ1n) is 10.5. The third-order valence-corrected chi connectivity index (χ3v) is 7.50. The molecular formula is C24H27FN2O4S2. The summed E-state index contributed by atoms with van der Waals surface area (Å²) < 4.78 is 13.8. The number of fused-ring (bicyclic) bond motifs is 2. The zero-order valence-corrected chi connectivity index (χ0v) is 20.2. The van der Waals surface area contributed by atoms with E-state index >= 15 is 0 Å². The number of halogens is 1. The Balaban J connectivity index is 0.000000331. The Hall–Kier alpha value is -2.33. The minimum Gasteiger partial charge on any atom is -0.478 e. The predicted molar refractivity (Wildman–Crippen MR) is 129 cm³/mol. The molecule has 9 heteroatoms. The second-order valence-corrected chi connectivity index (χ2v) is 9.79. The molecule has 1 fully saturated rings. The van der Waals surface area contributed by atoms with Crippen molar-refractivity contribution in [1.29, 1.82) is 0 Å². The Morgan fingerprint density at radius 3 is 2.30 bits per heavy atom. The normalized spacial score (nSPS) is 18.6. The van der Waals surface area contributed by atoms with E-state index in [1.54, 1.807) is 35.7 Å². The van der Waals surface area contributed by atoms with Gasteiger partial charge in [0.15, 0.2) is 0 Å². The smallest absolute Gasteiger partial charge is 0.328 e. The second kappa shape index (κ2) is 11.7. The van der Waals surface area contributed by atoms with Gasteiger partial charge in [0.05, 0.1) is 0 Å². The van der Waals surface area contributed by atoms with Crippen LogP contribution in [0.15, 0.2) is 63.2 Å². The molecule has 0 bridgehead atoms. The first kappa shape index (κ1) is 25.3. The van der Waals surface area contributed by atoms with Crippen LogP contribution in [0.1, 0.15) is 17.2 Å². The lowest BCUT2D eigenvalue weighted by atomic mass is 9.96. The standard InChI is InChI=1S/C20H23FN2S2.C4H4O4/c1-22-7-9-23(10-8-22)18-11-14-3-4-15(21)12-20(14)25-19-6-5-16(24-2)13-17(18)19;5-3(6)1-2-4(7)8/h3-6,12-13,18H,7-11H2,1-2H3;1-2H,(H,5,6)(H,7,8)/b;2-1-. The number of hydrogen-bond acceptors (Lipinski definition) is 6. The summed E-state index contributed by atoms with van der Waals surface area (Å²) in [5, 5.41) is 15.6. The molecule has 0 aliphatic carbocycles. The maximum atomic E-state index is 13.8. The monoisotopic (exact) mass is 490 g/mol. The van der Waals surface area contributed by atoms with Crippen LogP contribution in [0.5, 0.6) is 0 Å². The molecule has 0 radical (unpaired) electrons. The van der Waals surface area contributed by atoms with Gasteiger partial charge in [0, 0.05) is 59.1 Å². The number of likely N-dealkylation sites (N-methyl/N-ethyl adjacent to an activating group) is 1. The molecule has 1 saturated heterocycles. The highest BCUT2D eigenvalue weighted by Gasteiger charge is 2.29. The highest BCUT2D eigenvalue weighted by atomic mass is 32.2. The van der Waals surface area contributed by atoms with Gasteiger partial charge < -0.3 is 15.1 Å². The van der Waals surface area contributed by atoms with Crippen molar-refractivity contribution < 1.29 is 24.2 Å². The zero-order valence-electron chi connectivity index (χ0n) is 18.5. The Kier molecular flexibility index (Phi) is 8.96. The van der Waals surface area contributed by atoms with E-state index in [4.69, 9.17) is 10.2 Å². The van der Waals surface area contributed by atoms with E-state index in [0.717, 1.165) is 37.5 Å². The van der Waals surface area contributed by atoms with E-state index in [1.807, 2.05) is 6.07 Å². The number of thioether (sulfide) groups is 1. The van der Waals surface area contributed by atoms with Gasteiger partial charge in [-0.3, -0.25) is 4.90 Å². The molecule has 33 heavy (non-hydrogen) atoms. The van der Waals surface area contributed by atoms with Crippen LogP contribution < -0.4 is 0 Å². The largest absolute Gasteiger partial charge is 0.478 e. The summed E-state index contributed by atoms with van der Waals surface area (Å²) >= 11 is 3.51. The molecule has 0 spiro atoms. The number of carboxylic acids is 2. The van der Waals surface area contributed by atoms with Gasteiger partial charge >= 0.3 is 11.9 Å². The van der Waals surface area contributed by atoms with Gasteiger partial charge in [-0.25, -0.2) is 14.0 Å². The topological polar surface area (TPSA) is 81.1 Å². The van der Waals surface area contributed by atoms with E-state index in [2.05, 4.69) is 41.3 Å². The van der Waals surface area contributed by atoms with Gasteiger partial charge in [-0.15, -0.1) is 11.8 Å². The lowest BCUT2D eigenvalue weighted by Gasteiger charge is -2.38. The Bertz CT molecular complexity index is 1020. The molecule has 2 aliphatic rings. The van der Waals surface area contributed by atoms with Crippen molar-refractivity contribution in [3.63, 3.8) is 0 Å². The van der Waals surface area contributed by atoms with E-state index < -0.39 is 11.9 Å². The first-order chi connectivity index (χ1) is 15.8. The summed E-state index contributed by atoms with van der Waals surface area (Å²) in [5.41, 5.74) is 2.66. The van der Waals surface area contributed by atoms with Crippen LogP contribution in [-0.2, 0) is 16.0 Å². The van der Waals surface area contributed by atoms with Gasteiger partial charge in [0.1, 0.15) is 5.82 Å². The molecule has 6 nitrogen and oxygen atoms in total. The fourth-order valence-electron chi connectivity index (χ4n) is 3.84. The number of piperazine rings is 1. The molecule has 2 aromatic carbocycles. The number of carbonyl (C=O) groups is 2. The van der Waals surface area contributed by atoms with E-state index in [-0.39, 0.29) is 5.82 Å². The molecular weight excluding hydrogens is 463 g/mol. The number of rotatable bonds is 4. The molecule has 4 rings (SSSR count). The number of hydrogen-bond donors (Lipinski definition) is 2. The number of benzene rings is 2. The minimum atomic E-state index is -1.26. The Morgan fingerprint density at radius 1 is 1.03 bits per heavy atom. The third-order valence-electron chi connectivity index (χ3n) is 5.59. The molecule has 0 aromatic heterocycles. The van der Waals surface area contributed by atoms with Crippen LogP contribution in [0.2, 0.25) is 0 Å². The van der Waals surface area contributed by atoms with E-state index in [1.165, 1.54) is 20.9 Å². The summed E-state index contributed by atoms with van der Waals surface area (Å²) in [6.45, 7) is 4.39. The summed E-state index contributed by atoms with van der Waals surface area (Å²) in [7, 11) is 2.19. The number of carboxylic acid groups (broad SMARTS) is 2. The maximum absolute atomic E-state index is 13.8. The molecule has 2 aliphatic heterocycles. The molecule has 2 heterocycles. The Labute approximate surface area is 201 Å². The van der Waals surface area contributed by atoms with Crippen molar-refractivity contribution in [2.45, 2.75) is 27.1 Å². The number of aliphatic carboxylic acids is 2. The van der Waals surface area contributed by atoms with E-state index in [0.29, 0.717) is 18.2 Å². The minimum absolute atomic E-state index is 0.147. The van der Waals surface area contributed by atoms with Crippen LogP contribution in [0, 0.1) is 5.82 Å². The van der Waals surface area contributed by atoms with Gasteiger partial charge in [-0.2, -0.15) is 0 Å².